The van der Waals surface area contributed by atoms with Crippen LogP contribution in [0.4, 0.5) is 0 Å². The van der Waals surface area contributed by atoms with Gasteiger partial charge in [-0.2, -0.15) is 0 Å². The molecular formula is C38H50BrN3O4. The van der Waals surface area contributed by atoms with Crippen LogP contribution in [0.1, 0.15) is 92.0 Å². The molecule has 2 aromatic rings. The van der Waals surface area contributed by atoms with E-state index in [2.05, 4.69) is 68.8 Å². The number of esters is 1. The summed E-state index contributed by atoms with van der Waals surface area (Å²) in [5.74, 6) is 2.50. The van der Waals surface area contributed by atoms with E-state index >= 15 is 0 Å². The van der Waals surface area contributed by atoms with Crippen LogP contribution in [-0.2, 0) is 16.1 Å². The molecule has 46 heavy (non-hydrogen) atoms. The number of ether oxygens (including phenoxy) is 1. The molecule has 8 heteroatoms. The second-order valence-electron chi connectivity index (χ2n) is 14.9. The molecule has 1 aromatic heterocycles. The first kappa shape index (κ1) is 33.0. The SMILES string of the molecule is CC(C)[C@@H](C)/C=C/[C@@H](C)[C@H]1CC[C@H]2/C(=C/[C@H]3C4=C(CC[C@H](OC(=O)CBr)C4)Cn4c(=O)n(-c5ccccc5)c(=O)n43)CCC[C@]12C. The molecule has 0 amide bonds. The van der Waals surface area contributed by atoms with Crippen molar-refractivity contribution >= 4 is 21.9 Å². The van der Waals surface area contributed by atoms with Gasteiger partial charge in [-0.15, -0.1) is 0 Å². The Kier molecular flexibility index (Phi) is 9.57. The molecule has 0 unspecified atom stereocenters. The van der Waals surface area contributed by atoms with E-state index in [0.29, 0.717) is 48.2 Å². The van der Waals surface area contributed by atoms with Gasteiger partial charge in [0.15, 0.2) is 0 Å². The molecule has 4 aliphatic rings. The van der Waals surface area contributed by atoms with Gasteiger partial charge in [0.05, 0.1) is 18.3 Å². The van der Waals surface area contributed by atoms with E-state index in [1.165, 1.54) is 28.6 Å². The van der Waals surface area contributed by atoms with Crippen LogP contribution in [0.15, 0.2) is 74.9 Å². The van der Waals surface area contributed by atoms with Gasteiger partial charge in [0.1, 0.15) is 11.4 Å². The van der Waals surface area contributed by atoms with Crippen LogP contribution >= 0.6 is 15.9 Å². The highest BCUT2D eigenvalue weighted by Crippen LogP contribution is 2.60. The van der Waals surface area contributed by atoms with Crippen molar-refractivity contribution in [1.82, 2.24) is 13.9 Å². The minimum atomic E-state index is -0.375. The third kappa shape index (κ3) is 5.99. The number of hydrogen-bond acceptors (Lipinski definition) is 4. The van der Waals surface area contributed by atoms with Crippen molar-refractivity contribution < 1.29 is 9.53 Å². The van der Waals surface area contributed by atoms with Crippen molar-refractivity contribution in [3.8, 4) is 5.69 Å². The van der Waals surface area contributed by atoms with Gasteiger partial charge in [-0.1, -0.05) is 92.5 Å². The van der Waals surface area contributed by atoms with E-state index in [0.717, 1.165) is 37.7 Å². The van der Waals surface area contributed by atoms with Gasteiger partial charge in [-0.05, 0) is 103 Å². The molecule has 0 N–H and O–H groups in total. The normalized spacial score (nSPS) is 29.9. The van der Waals surface area contributed by atoms with Crippen LogP contribution in [0, 0.1) is 35.0 Å². The minimum absolute atomic E-state index is 0.160. The van der Waals surface area contributed by atoms with E-state index in [-0.39, 0.29) is 40.2 Å². The average Bonchev–Trinajstić information content (AvgIpc) is 3.53. The summed E-state index contributed by atoms with van der Waals surface area (Å²) in [4.78, 5) is 40.4. The molecule has 2 fully saturated rings. The summed E-state index contributed by atoms with van der Waals surface area (Å²) >= 11 is 3.23. The summed E-state index contributed by atoms with van der Waals surface area (Å²) in [6.45, 7) is 12.2. The molecule has 1 aromatic carbocycles. The number of halogens is 1. The smallest absolute Gasteiger partial charge is 0.352 e. The zero-order valence-corrected chi connectivity index (χ0v) is 29.7. The lowest BCUT2D eigenvalue weighted by atomic mass is 9.61. The van der Waals surface area contributed by atoms with Crippen LogP contribution < -0.4 is 11.4 Å². The lowest BCUT2D eigenvalue weighted by Crippen LogP contribution is -2.40. The lowest BCUT2D eigenvalue weighted by molar-refractivity contribution is -0.146. The number of carbonyl (C=O) groups is 1. The molecule has 3 aliphatic carbocycles. The Labute approximate surface area is 281 Å². The Balaban J connectivity index is 1.40. The zero-order valence-electron chi connectivity index (χ0n) is 28.1. The summed E-state index contributed by atoms with van der Waals surface area (Å²) in [7, 11) is 0. The third-order valence-electron chi connectivity index (χ3n) is 11.9. The highest BCUT2D eigenvalue weighted by molar-refractivity contribution is 9.09. The Morgan fingerprint density at radius 2 is 1.80 bits per heavy atom. The molecule has 1 aliphatic heterocycles. The summed E-state index contributed by atoms with van der Waals surface area (Å²) < 4.78 is 10.5. The van der Waals surface area contributed by atoms with Crippen molar-refractivity contribution in [1.29, 1.82) is 0 Å². The van der Waals surface area contributed by atoms with Gasteiger partial charge in [-0.25, -0.2) is 23.5 Å². The van der Waals surface area contributed by atoms with Crippen LogP contribution in [0.25, 0.3) is 5.69 Å². The van der Waals surface area contributed by atoms with E-state index in [4.69, 9.17) is 4.74 Å². The maximum atomic E-state index is 14.2. The number of nitrogens with zero attached hydrogens (tertiary/aromatic N) is 3. The van der Waals surface area contributed by atoms with E-state index in [9.17, 15) is 14.4 Å². The fourth-order valence-electron chi connectivity index (χ4n) is 9.07. The first-order chi connectivity index (χ1) is 22.0. The molecule has 7 atom stereocenters. The lowest BCUT2D eigenvalue weighted by Gasteiger charge is -2.44. The molecule has 6 rings (SSSR count). The second-order valence-corrected chi connectivity index (χ2v) is 15.4. The van der Waals surface area contributed by atoms with Gasteiger partial charge < -0.3 is 4.74 Å². The van der Waals surface area contributed by atoms with Gasteiger partial charge in [0.25, 0.3) is 0 Å². The van der Waals surface area contributed by atoms with Gasteiger partial charge >= 0.3 is 17.3 Å². The van der Waals surface area contributed by atoms with Crippen molar-refractivity contribution in [3.63, 3.8) is 0 Å². The molecule has 2 heterocycles. The number of allylic oxidation sites excluding steroid dienone is 5. The van der Waals surface area contributed by atoms with Crippen molar-refractivity contribution in [2.24, 2.45) is 35.0 Å². The topological polar surface area (TPSA) is 75.2 Å². The molecule has 248 valence electrons. The molecule has 7 nitrogen and oxygen atoms in total. The molecular weight excluding hydrogens is 642 g/mol. The number of carbonyl (C=O) groups excluding carboxylic acids is 1. The van der Waals surface area contributed by atoms with Crippen LogP contribution in [0.5, 0.6) is 0 Å². The highest BCUT2D eigenvalue weighted by atomic mass is 79.9. The first-order valence-electron chi connectivity index (χ1n) is 17.4. The Bertz CT molecular complexity index is 1660. The van der Waals surface area contributed by atoms with Crippen LogP contribution in [0.2, 0.25) is 0 Å². The molecule has 0 spiro atoms. The van der Waals surface area contributed by atoms with Gasteiger partial charge in [0.2, 0.25) is 0 Å². The number of rotatable bonds is 8. The largest absolute Gasteiger partial charge is 0.461 e. The fourth-order valence-corrected chi connectivity index (χ4v) is 9.21. The van der Waals surface area contributed by atoms with Gasteiger partial charge in [-0.3, -0.25) is 4.79 Å². The predicted molar refractivity (Wildman–Crippen MR) is 186 cm³/mol. The second kappa shape index (κ2) is 13.3. The number of hydrogen-bond donors (Lipinski definition) is 0. The van der Waals surface area contributed by atoms with Crippen molar-refractivity contribution in [2.45, 2.75) is 105 Å². The summed E-state index contributed by atoms with van der Waals surface area (Å²) in [6, 6.07) is 8.85. The molecule has 0 bridgehead atoms. The Morgan fingerprint density at radius 3 is 2.52 bits per heavy atom. The average molecular weight is 693 g/mol. The maximum Gasteiger partial charge on any atom is 0.352 e. The summed E-state index contributed by atoms with van der Waals surface area (Å²) in [5, 5.41) is 0.160. The maximum absolute atomic E-state index is 14.2. The quantitative estimate of drug-likeness (QED) is 0.161. The number of para-hydroxylation sites is 1. The molecule has 2 saturated carbocycles. The fraction of sp³-hybridized carbons (Fsp3) is 0.605. The van der Waals surface area contributed by atoms with E-state index in [1.54, 1.807) is 9.36 Å². The number of benzene rings is 1. The third-order valence-corrected chi connectivity index (χ3v) is 12.4. The standard InChI is InChI=1S/C38H50BrN3O4/c1-24(2)25(3)13-14-26(4)32-17-18-33-27(10-9-19-38(32,33)5)20-34-31-21-30(46-35(43)22-39)16-15-28(31)23-40-36(44)41(37(45)42(34)40)29-11-7-6-8-12-29/h6-8,11-14,20,24-26,30,32-34H,9-10,15-19,21-23H2,1-5H3/b14-13+,27-20+/t25-,26+,30-,32+,33-,34-,38+/m0/s1. The van der Waals surface area contributed by atoms with E-state index in [1.807, 2.05) is 30.3 Å². The summed E-state index contributed by atoms with van der Waals surface area (Å²) in [6.07, 6.45) is 14.8. The highest BCUT2D eigenvalue weighted by Gasteiger charge is 2.51. The first-order valence-corrected chi connectivity index (χ1v) is 18.5. The number of aromatic nitrogens is 3. The molecule has 0 radical (unpaired) electrons. The molecule has 0 saturated heterocycles. The zero-order chi connectivity index (χ0) is 32.7. The number of alkyl halides is 1. The van der Waals surface area contributed by atoms with Gasteiger partial charge in [0, 0.05) is 6.42 Å². The van der Waals surface area contributed by atoms with Crippen LogP contribution in [-0.4, -0.2) is 31.3 Å². The van der Waals surface area contributed by atoms with Crippen LogP contribution in [0.3, 0.4) is 0 Å². The minimum Gasteiger partial charge on any atom is -0.461 e. The van der Waals surface area contributed by atoms with Crippen molar-refractivity contribution in [3.05, 3.63) is 86.2 Å². The monoisotopic (exact) mass is 691 g/mol. The number of fused-ring (bicyclic) bond motifs is 2. The Hall–Kier alpha value is -2.87. The predicted octanol–water partition coefficient (Wildman–Crippen LogP) is 7.77. The Morgan fingerprint density at radius 1 is 1.04 bits per heavy atom. The summed E-state index contributed by atoms with van der Waals surface area (Å²) in [5.41, 5.74) is 3.93. The van der Waals surface area contributed by atoms with Crippen molar-refractivity contribution in [2.75, 3.05) is 5.33 Å². The van der Waals surface area contributed by atoms with E-state index < -0.39 is 0 Å².